The fourth-order valence-electron chi connectivity index (χ4n) is 2.35. The molecule has 4 rings (SSSR count). The maximum absolute atomic E-state index is 14.0. The van der Waals surface area contributed by atoms with Crippen molar-refractivity contribution in [2.45, 2.75) is 0 Å². The van der Waals surface area contributed by atoms with Gasteiger partial charge >= 0.3 is 0 Å². The SMILES string of the molecule is Fc1cc(Oc2cccnc2)cc(-[n+]2cc(-c3ccccn3)n[nH]2)c1.[Cl-]. The molecule has 3 heterocycles. The van der Waals surface area contributed by atoms with E-state index in [1.807, 2.05) is 18.2 Å². The van der Waals surface area contributed by atoms with E-state index in [0.29, 0.717) is 22.9 Å². The van der Waals surface area contributed by atoms with Crippen LogP contribution in [0, 0.1) is 5.82 Å². The summed E-state index contributed by atoms with van der Waals surface area (Å²) in [7, 11) is 0. The highest BCUT2D eigenvalue weighted by Gasteiger charge is 2.16. The Hall–Kier alpha value is -3.32. The summed E-state index contributed by atoms with van der Waals surface area (Å²) in [5.41, 5.74) is 1.92. The van der Waals surface area contributed by atoms with E-state index in [2.05, 4.69) is 20.3 Å². The van der Waals surface area contributed by atoms with Crippen LogP contribution < -0.4 is 21.8 Å². The third-order valence-electron chi connectivity index (χ3n) is 3.46. The highest BCUT2D eigenvalue weighted by atomic mass is 35.5. The lowest BCUT2D eigenvalue weighted by Gasteiger charge is -2.05. The standard InChI is InChI=1S/C18H12FN5O.ClH/c19-13-8-14(10-16(9-13)25-15-4-3-6-20-11-15)24-12-18(22-23-24)17-5-1-2-7-21-17;/h1-12H;1H. The van der Waals surface area contributed by atoms with Gasteiger partial charge in [0.15, 0.2) is 11.9 Å². The van der Waals surface area contributed by atoms with Crippen molar-refractivity contribution in [3.63, 3.8) is 0 Å². The minimum Gasteiger partial charge on any atom is -1.00 e. The molecule has 0 aliphatic carbocycles. The summed E-state index contributed by atoms with van der Waals surface area (Å²) in [5, 5.41) is 7.04. The van der Waals surface area contributed by atoms with Crippen LogP contribution in [0.5, 0.6) is 11.5 Å². The molecule has 4 aromatic rings. The number of halogens is 2. The zero-order valence-corrected chi connectivity index (χ0v) is 14.1. The van der Waals surface area contributed by atoms with Crippen LogP contribution in [0.25, 0.3) is 17.1 Å². The lowest BCUT2D eigenvalue weighted by Crippen LogP contribution is -3.00. The Bertz CT molecular complexity index is 995. The lowest BCUT2D eigenvalue weighted by molar-refractivity contribution is -0.659. The van der Waals surface area contributed by atoms with Gasteiger partial charge in [0.2, 0.25) is 0 Å². The van der Waals surface area contributed by atoms with Gasteiger partial charge in [-0.3, -0.25) is 9.97 Å². The van der Waals surface area contributed by atoms with Crippen LogP contribution in [-0.4, -0.2) is 20.3 Å². The molecule has 3 aromatic heterocycles. The molecule has 1 aromatic carbocycles. The van der Waals surface area contributed by atoms with Crippen LogP contribution in [0.15, 0.2) is 73.3 Å². The van der Waals surface area contributed by atoms with Crippen molar-refractivity contribution in [3.8, 4) is 28.6 Å². The number of rotatable bonds is 4. The Kier molecular flexibility index (Phi) is 5.19. The minimum atomic E-state index is -0.419. The number of pyridine rings is 2. The van der Waals surface area contributed by atoms with Crippen molar-refractivity contribution in [3.05, 3.63) is 79.1 Å². The van der Waals surface area contributed by atoms with Crippen molar-refractivity contribution in [2.75, 3.05) is 0 Å². The lowest BCUT2D eigenvalue weighted by atomic mass is 10.2. The zero-order valence-electron chi connectivity index (χ0n) is 13.4. The fraction of sp³-hybridized carbons (Fsp3) is 0. The first-order valence-corrected chi connectivity index (χ1v) is 7.55. The van der Waals surface area contributed by atoms with Gasteiger partial charge in [0.1, 0.15) is 23.0 Å². The van der Waals surface area contributed by atoms with E-state index in [0.717, 1.165) is 5.69 Å². The van der Waals surface area contributed by atoms with E-state index in [4.69, 9.17) is 4.74 Å². The summed E-state index contributed by atoms with van der Waals surface area (Å²) >= 11 is 0. The molecule has 0 spiro atoms. The summed E-state index contributed by atoms with van der Waals surface area (Å²) in [6, 6.07) is 13.5. The Labute approximate surface area is 154 Å². The zero-order chi connectivity index (χ0) is 17.1. The molecule has 130 valence electrons. The second kappa shape index (κ2) is 7.71. The number of benzene rings is 1. The molecule has 0 atom stereocenters. The molecule has 0 aliphatic rings. The number of H-pyrrole nitrogens is 1. The Morgan fingerprint density at radius 1 is 0.962 bits per heavy atom. The Balaban J connectivity index is 0.00000196. The van der Waals surface area contributed by atoms with E-state index < -0.39 is 5.82 Å². The first kappa shape index (κ1) is 17.5. The van der Waals surface area contributed by atoms with Gasteiger partial charge in [0, 0.05) is 35.7 Å². The van der Waals surface area contributed by atoms with E-state index >= 15 is 0 Å². The predicted molar refractivity (Wildman–Crippen MR) is 87.6 cm³/mol. The van der Waals surface area contributed by atoms with E-state index in [9.17, 15) is 4.39 Å². The third-order valence-corrected chi connectivity index (χ3v) is 3.46. The first-order valence-electron chi connectivity index (χ1n) is 7.55. The van der Waals surface area contributed by atoms with E-state index in [1.165, 1.54) is 12.1 Å². The molecule has 0 bridgehead atoms. The summed E-state index contributed by atoms with van der Waals surface area (Å²) in [6.45, 7) is 0. The van der Waals surface area contributed by atoms with Gasteiger partial charge in [-0.05, 0) is 24.3 Å². The van der Waals surface area contributed by atoms with Crippen molar-refractivity contribution in [1.82, 2.24) is 20.3 Å². The molecular weight excluding hydrogens is 357 g/mol. The second-order valence-electron chi connectivity index (χ2n) is 5.25. The smallest absolute Gasteiger partial charge is 0.267 e. The molecule has 0 saturated heterocycles. The maximum atomic E-state index is 14.0. The van der Waals surface area contributed by atoms with Crippen LogP contribution >= 0.6 is 0 Å². The number of hydrogen-bond acceptors (Lipinski definition) is 4. The fourth-order valence-corrected chi connectivity index (χ4v) is 2.35. The number of nitrogens with one attached hydrogen (secondary N) is 1. The highest BCUT2D eigenvalue weighted by molar-refractivity contribution is 5.50. The average Bonchev–Trinajstić information content (AvgIpc) is 3.13. The van der Waals surface area contributed by atoms with Gasteiger partial charge in [-0.2, -0.15) is 0 Å². The topological polar surface area (TPSA) is 67.6 Å². The average molecular weight is 370 g/mol. The predicted octanol–water partition coefficient (Wildman–Crippen LogP) is 0.0788. The van der Waals surface area contributed by atoms with Crippen LogP contribution in [0.3, 0.4) is 0 Å². The van der Waals surface area contributed by atoms with Crippen LogP contribution in [-0.2, 0) is 0 Å². The normalized spacial score (nSPS) is 10.2. The molecule has 0 aliphatic heterocycles. The summed E-state index contributed by atoms with van der Waals surface area (Å²) in [5.74, 6) is 0.477. The Morgan fingerprint density at radius 2 is 1.88 bits per heavy atom. The van der Waals surface area contributed by atoms with Gasteiger partial charge < -0.3 is 17.1 Å². The highest BCUT2D eigenvalue weighted by Crippen LogP contribution is 2.23. The van der Waals surface area contributed by atoms with Crippen molar-refractivity contribution < 1.29 is 26.2 Å². The molecule has 0 saturated carbocycles. The van der Waals surface area contributed by atoms with Crippen molar-refractivity contribution in [1.29, 1.82) is 0 Å². The monoisotopic (exact) mass is 369 g/mol. The van der Waals surface area contributed by atoms with Gasteiger partial charge in [0.05, 0.1) is 6.20 Å². The van der Waals surface area contributed by atoms with Crippen molar-refractivity contribution in [2.24, 2.45) is 0 Å². The number of aromatic amines is 1. The minimum absolute atomic E-state index is 0. The molecule has 6 nitrogen and oxygen atoms in total. The molecular formula is C18H13ClFN5O. The molecule has 0 radical (unpaired) electrons. The maximum Gasteiger partial charge on any atom is 0.267 e. The number of hydrogen-bond donors (Lipinski definition) is 1. The van der Waals surface area contributed by atoms with Crippen LogP contribution in [0.4, 0.5) is 4.39 Å². The second-order valence-corrected chi connectivity index (χ2v) is 5.25. The molecule has 0 amide bonds. The van der Waals surface area contributed by atoms with E-state index in [1.54, 1.807) is 47.7 Å². The molecule has 0 unspecified atom stereocenters. The molecule has 0 fully saturated rings. The Morgan fingerprint density at radius 3 is 2.65 bits per heavy atom. The van der Waals surface area contributed by atoms with Gasteiger partial charge in [0.25, 0.3) is 5.69 Å². The summed E-state index contributed by atoms with van der Waals surface area (Å²) < 4.78 is 21.2. The number of aromatic nitrogens is 5. The van der Waals surface area contributed by atoms with Gasteiger partial charge in [-0.25, -0.2) is 4.39 Å². The quantitative estimate of drug-likeness (QED) is 0.517. The molecule has 26 heavy (non-hydrogen) atoms. The summed E-state index contributed by atoms with van der Waals surface area (Å²) in [6.07, 6.45) is 6.64. The van der Waals surface area contributed by atoms with Gasteiger partial charge in [-0.1, -0.05) is 11.3 Å². The van der Waals surface area contributed by atoms with Crippen molar-refractivity contribution >= 4 is 0 Å². The number of nitrogens with zero attached hydrogens (tertiary/aromatic N) is 4. The first-order chi connectivity index (χ1) is 12.3. The van der Waals surface area contributed by atoms with Crippen LogP contribution in [0.2, 0.25) is 0 Å². The van der Waals surface area contributed by atoms with Gasteiger partial charge in [-0.15, -0.1) is 4.68 Å². The summed E-state index contributed by atoms with van der Waals surface area (Å²) in [4.78, 5) is 8.22. The number of ether oxygens (including phenoxy) is 1. The largest absolute Gasteiger partial charge is 1.00 e. The molecule has 1 N–H and O–H groups in total. The van der Waals surface area contributed by atoms with Crippen LogP contribution in [0.1, 0.15) is 0 Å². The third kappa shape index (κ3) is 3.84. The van der Waals surface area contributed by atoms with E-state index in [-0.39, 0.29) is 12.4 Å². The molecule has 8 heteroatoms.